The van der Waals surface area contributed by atoms with Gasteiger partial charge in [-0.1, -0.05) is 43.7 Å². The van der Waals surface area contributed by atoms with Gasteiger partial charge in [-0.15, -0.1) is 0 Å². The topological polar surface area (TPSA) is 83.8 Å². The SMILES string of the molecule is C=C1/C=C(/C)[C@@H](CC)OC(=O)[C@H](C)C(=O)C(O)(CO)C/C(C)=C\[C@@H](C)C1. The third-order valence-electron chi connectivity index (χ3n) is 4.76. The summed E-state index contributed by atoms with van der Waals surface area (Å²) in [5.74, 6) is -2.42. The Morgan fingerprint density at radius 2 is 1.92 bits per heavy atom. The van der Waals surface area contributed by atoms with Gasteiger partial charge in [-0.05, 0) is 45.1 Å². The monoisotopic (exact) mass is 364 g/mol. The highest BCUT2D eigenvalue weighted by molar-refractivity contribution is 6.03. The molecular weight excluding hydrogens is 332 g/mol. The van der Waals surface area contributed by atoms with E-state index in [-0.39, 0.29) is 12.3 Å². The average molecular weight is 364 g/mol. The molecule has 0 amide bonds. The Labute approximate surface area is 156 Å². The minimum Gasteiger partial charge on any atom is -0.457 e. The van der Waals surface area contributed by atoms with Gasteiger partial charge in [0.05, 0.1) is 6.61 Å². The number of ether oxygens (including phenoxy) is 1. The minimum absolute atomic E-state index is 0.0250. The van der Waals surface area contributed by atoms with Crippen LogP contribution in [0.5, 0.6) is 0 Å². The molecule has 1 aliphatic heterocycles. The van der Waals surface area contributed by atoms with Gasteiger partial charge in [0, 0.05) is 6.42 Å². The highest BCUT2D eigenvalue weighted by Gasteiger charge is 2.42. The lowest BCUT2D eigenvalue weighted by Gasteiger charge is -2.28. The van der Waals surface area contributed by atoms with Gasteiger partial charge in [0.25, 0.3) is 0 Å². The molecule has 2 N–H and O–H groups in total. The van der Waals surface area contributed by atoms with Gasteiger partial charge in [0.15, 0.2) is 11.4 Å². The van der Waals surface area contributed by atoms with Crippen LogP contribution in [0, 0.1) is 11.8 Å². The molecule has 0 fully saturated rings. The van der Waals surface area contributed by atoms with Crippen molar-refractivity contribution in [2.45, 2.75) is 65.6 Å². The van der Waals surface area contributed by atoms with Crippen LogP contribution in [-0.4, -0.2) is 40.3 Å². The van der Waals surface area contributed by atoms with Gasteiger partial charge in [-0.25, -0.2) is 0 Å². The Kier molecular flexibility index (Phi) is 7.97. The van der Waals surface area contributed by atoms with Crippen molar-refractivity contribution in [2.24, 2.45) is 11.8 Å². The van der Waals surface area contributed by atoms with Crippen molar-refractivity contribution in [1.82, 2.24) is 0 Å². The summed E-state index contributed by atoms with van der Waals surface area (Å²) in [4.78, 5) is 25.1. The van der Waals surface area contributed by atoms with E-state index < -0.39 is 36.0 Å². The second kappa shape index (κ2) is 9.28. The third-order valence-corrected chi connectivity index (χ3v) is 4.76. The van der Waals surface area contributed by atoms with Crippen molar-refractivity contribution in [1.29, 1.82) is 0 Å². The maximum Gasteiger partial charge on any atom is 0.316 e. The summed E-state index contributed by atoms with van der Waals surface area (Å²) in [6.07, 6.45) is 4.70. The second-order valence-corrected chi connectivity index (χ2v) is 7.53. The van der Waals surface area contributed by atoms with Crippen LogP contribution < -0.4 is 0 Å². The summed E-state index contributed by atoms with van der Waals surface area (Å²) in [7, 11) is 0. The molecule has 1 aliphatic rings. The quantitative estimate of drug-likeness (QED) is 0.447. The Bertz CT molecular complexity index is 616. The van der Waals surface area contributed by atoms with Crippen LogP contribution >= 0.6 is 0 Å². The first-order valence-electron chi connectivity index (χ1n) is 9.15. The number of carbonyl (C=O) groups excluding carboxylic acids is 2. The highest BCUT2D eigenvalue weighted by atomic mass is 16.5. The predicted molar refractivity (Wildman–Crippen MR) is 101 cm³/mol. The van der Waals surface area contributed by atoms with E-state index in [9.17, 15) is 19.8 Å². The number of hydrogen-bond donors (Lipinski definition) is 2. The van der Waals surface area contributed by atoms with Gasteiger partial charge in [-0.2, -0.15) is 0 Å². The first kappa shape index (κ1) is 22.3. The summed E-state index contributed by atoms with van der Waals surface area (Å²) in [5, 5.41) is 20.3. The van der Waals surface area contributed by atoms with Crippen molar-refractivity contribution >= 4 is 11.8 Å². The number of carbonyl (C=O) groups is 2. The highest BCUT2D eigenvalue weighted by Crippen LogP contribution is 2.26. The molecule has 0 saturated heterocycles. The van der Waals surface area contributed by atoms with E-state index in [4.69, 9.17) is 4.74 Å². The number of aliphatic hydroxyl groups is 2. The molecule has 0 radical (unpaired) electrons. The van der Waals surface area contributed by atoms with Crippen molar-refractivity contribution in [3.05, 3.63) is 35.5 Å². The number of cyclic esters (lactones) is 1. The third kappa shape index (κ3) is 5.64. The van der Waals surface area contributed by atoms with Gasteiger partial charge in [0.1, 0.15) is 12.0 Å². The van der Waals surface area contributed by atoms with Crippen LogP contribution in [-0.2, 0) is 14.3 Å². The van der Waals surface area contributed by atoms with Crippen molar-refractivity contribution in [3.8, 4) is 0 Å². The summed E-state index contributed by atoms with van der Waals surface area (Å²) >= 11 is 0. The van der Waals surface area contributed by atoms with Crippen LogP contribution in [0.1, 0.15) is 53.9 Å². The molecule has 0 bridgehead atoms. The van der Waals surface area contributed by atoms with Gasteiger partial charge in [-0.3, -0.25) is 9.59 Å². The van der Waals surface area contributed by atoms with E-state index in [1.807, 2.05) is 32.9 Å². The molecule has 5 heteroatoms. The number of esters is 1. The zero-order valence-electron chi connectivity index (χ0n) is 16.5. The molecule has 0 aromatic rings. The van der Waals surface area contributed by atoms with E-state index in [2.05, 4.69) is 6.58 Å². The summed E-state index contributed by atoms with van der Waals surface area (Å²) in [6.45, 7) is 12.3. The van der Waals surface area contributed by atoms with Crippen molar-refractivity contribution in [2.75, 3.05) is 6.61 Å². The number of rotatable bonds is 2. The Morgan fingerprint density at radius 3 is 2.46 bits per heavy atom. The van der Waals surface area contributed by atoms with Gasteiger partial charge < -0.3 is 14.9 Å². The fraction of sp³-hybridized carbons (Fsp3) is 0.619. The van der Waals surface area contributed by atoms with Crippen LogP contribution in [0.25, 0.3) is 0 Å². The van der Waals surface area contributed by atoms with Gasteiger partial charge >= 0.3 is 5.97 Å². The van der Waals surface area contributed by atoms with Crippen LogP contribution in [0.4, 0.5) is 0 Å². The Morgan fingerprint density at radius 1 is 1.31 bits per heavy atom. The van der Waals surface area contributed by atoms with Crippen molar-refractivity contribution < 1.29 is 24.5 Å². The molecule has 5 nitrogen and oxygen atoms in total. The molecule has 1 heterocycles. The standard InChI is InChI=1S/C21H32O5/c1-7-18-16(5)10-14(3)8-13(2)9-15(4)11-21(25,12-22)19(23)17(6)20(24)26-18/h9-10,13,17-18,22,25H,3,7-8,11-12H2,1-2,4-6H3/b15-9-,16-10-/t13-,17+,18+,21?/m0/s1. The fourth-order valence-corrected chi connectivity index (χ4v) is 3.42. The van der Waals surface area contributed by atoms with E-state index >= 15 is 0 Å². The lowest BCUT2D eigenvalue weighted by molar-refractivity contribution is -0.161. The van der Waals surface area contributed by atoms with E-state index in [0.717, 1.165) is 16.7 Å². The number of hydrogen-bond acceptors (Lipinski definition) is 5. The van der Waals surface area contributed by atoms with Crippen LogP contribution in [0.2, 0.25) is 0 Å². The predicted octanol–water partition coefficient (Wildman–Crippen LogP) is 3.12. The van der Waals surface area contributed by atoms with Gasteiger partial charge in [0.2, 0.25) is 0 Å². The Balaban J connectivity index is 3.32. The largest absolute Gasteiger partial charge is 0.457 e. The minimum atomic E-state index is -1.99. The van der Waals surface area contributed by atoms with Crippen LogP contribution in [0.15, 0.2) is 35.5 Å². The number of aliphatic hydroxyl groups excluding tert-OH is 1. The molecule has 26 heavy (non-hydrogen) atoms. The van der Waals surface area contributed by atoms with Crippen LogP contribution in [0.3, 0.4) is 0 Å². The molecule has 0 aromatic carbocycles. The summed E-state index contributed by atoms with van der Waals surface area (Å²) < 4.78 is 5.50. The average Bonchev–Trinajstić information content (AvgIpc) is 2.56. The smallest absolute Gasteiger partial charge is 0.316 e. The normalized spacial score (nSPS) is 36.4. The first-order valence-corrected chi connectivity index (χ1v) is 9.15. The molecule has 0 aliphatic carbocycles. The number of Topliss-reactive ketones (excluding diaryl/α,β-unsaturated/α-hetero) is 1. The zero-order valence-corrected chi connectivity index (χ0v) is 16.5. The van der Waals surface area contributed by atoms with E-state index in [1.165, 1.54) is 6.92 Å². The molecule has 146 valence electrons. The van der Waals surface area contributed by atoms with E-state index in [0.29, 0.717) is 12.8 Å². The van der Waals surface area contributed by atoms with E-state index in [1.54, 1.807) is 6.92 Å². The molecule has 1 unspecified atom stereocenters. The second-order valence-electron chi connectivity index (χ2n) is 7.53. The molecule has 4 atom stereocenters. The molecule has 0 spiro atoms. The lowest BCUT2D eigenvalue weighted by atomic mass is 9.84. The molecule has 0 aromatic heterocycles. The Hall–Kier alpha value is -1.72. The molecule has 1 rings (SSSR count). The zero-order chi connectivity index (χ0) is 20.1. The number of ketones is 1. The molecule has 0 saturated carbocycles. The van der Waals surface area contributed by atoms with Crippen molar-refractivity contribution in [3.63, 3.8) is 0 Å². The number of allylic oxidation sites excluding steroid dienone is 3. The maximum atomic E-state index is 12.7. The first-order chi connectivity index (χ1) is 12.0. The fourth-order valence-electron chi connectivity index (χ4n) is 3.42. The summed E-state index contributed by atoms with van der Waals surface area (Å²) in [5.41, 5.74) is 0.576. The maximum absolute atomic E-state index is 12.7. The summed E-state index contributed by atoms with van der Waals surface area (Å²) in [6, 6.07) is 0. The lowest BCUT2D eigenvalue weighted by Crippen LogP contribution is -2.48. The molecular formula is C21H32O5.